The lowest BCUT2D eigenvalue weighted by atomic mass is 10.2. The Morgan fingerprint density at radius 3 is 2.40 bits per heavy atom. The number of nitrogens with zero attached hydrogens (tertiary/aromatic N) is 3. The number of ether oxygens (including phenoxy) is 2. The maximum Gasteiger partial charge on any atom is 0.472 e. The Kier molecular flexibility index (Phi) is 8.94. The second kappa shape index (κ2) is 11.8. The monoisotopic (exact) mass is 611 g/mol. The number of anilines is 1. The van der Waals surface area contributed by atoms with Crippen molar-refractivity contribution in [2.24, 2.45) is 0 Å². The Labute approximate surface area is 223 Å². The van der Waals surface area contributed by atoms with E-state index < -0.39 is 82.7 Å². The second-order valence-electron chi connectivity index (χ2n) is 9.01. The molecule has 2 aliphatic rings. The molecule has 0 bridgehead atoms. The number of aliphatic hydroxyl groups excluding tert-OH is 1. The van der Waals surface area contributed by atoms with Gasteiger partial charge in [-0.1, -0.05) is 0 Å². The van der Waals surface area contributed by atoms with Gasteiger partial charge in [-0.2, -0.15) is 4.98 Å². The molecule has 2 aromatic rings. The highest BCUT2D eigenvalue weighted by Gasteiger charge is 2.44. The third-order valence-corrected chi connectivity index (χ3v) is 7.58. The molecule has 2 fully saturated rings. The van der Waals surface area contributed by atoms with E-state index in [1.165, 1.54) is 25.4 Å². The summed E-state index contributed by atoms with van der Waals surface area (Å²) in [5.74, 6) is -0.0687. The number of H-pyrrole nitrogens is 1. The summed E-state index contributed by atoms with van der Waals surface area (Å²) in [4.78, 5) is 70.0. The Morgan fingerprint density at radius 2 is 1.73 bits per heavy atom. The van der Waals surface area contributed by atoms with E-state index in [2.05, 4.69) is 14.5 Å². The number of nitrogen functional groups attached to an aromatic ring is 1. The quantitative estimate of drug-likeness (QED) is 0.162. The minimum atomic E-state index is -4.96. The van der Waals surface area contributed by atoms with Crippen LogP contribution in [0.3, 0.4) is 0 Å². The number of aliphatic hydroxyl groups is 1. The topological polar surface area (TPSA) is 277 Å². The van der Waals surface area contributed by atoms with Crippen molar-refractivity contribution in [3.63, 3.8) is 0 Å². The first-order valence-electron chi connectivity index (χ1n) is 11.6. The summed E-state index contributed by atoms with van der Waals surface area (Å²) in [7, 11) is -9.90. The minimum absolute atomic E-state index is 0.0687. The summed E-state index contributed by atoms with van der Waals surface area (Å²) in [6.45, 7) is 0.0301. The zero-order chi connectivity index (χ0) is 29.4. The third-order valence-electron chi connectivity index (χ3n) is 6.08. The fourth-order valence-corrected chi connectivity index (χ4v) is 5.45. The molecular weight excluding hydrogens is 584 g/mol. The maximum absolute atomic E-state index is 12.8. The summed E-state index contributed by atoms with van der Waals surface area (Å²) in [6, 6.07) is 1.29. The summed E-state index contributed by atoms with van der Waals surface area (Å²) < 4.78 is 51.8. The molecule has 0 amide bonds. The average molecular weight is 611 g/mol. The van der Waals surface area contributed by atoms with E-state index >= 15 is 0 Å². The van der Waals surface area contributed by atoms with Crippen LogP contribution in [0.5, 0.6) is 0 Å². The second-order valence-corrected chi connectivity index (χ2v) is 11.7. The lowest BCUT2D eigenvalue weighted by Gasteiger charge is -2.22. The van der Waals surface area contributed by atoms with E-state index in [1.807, 2.05) is 0 Å². The highest BCUT2D eigenvalue weighted by atomic mass is 31.2. The molecule has 2 aromatic heterocycles. The predicted octanol–water partition coefficient (Wildman–Crippen LogP) is -1.77. The van der Waals surface area contributed by atoms with E-state index in [0.29, 0.717) is 0 Å². The fourth-order valence-electron chi connectivity index (χ4n) is 4.15. The molecule has 0 spiro atoms. The van der Waals surface area contributed by atoms with Gasteiger partial charge in [-0.3, -0.25) is 32.5 Å². The Morgan fingerprint density at radius 1 is 1.07 bits per heavy atom. The van der Waals surface area contributed by atoms with Gasteiger partial charge in [0.1, 0.15) is 36.6 Å². The first-order chi connectivity index (χ1) is 18.6. The number of phosphoric ester groups is 2. The number of aryl methyl sites for hydroxylation is 1. The highest BCUT2D eigenvalue weighted by Crippen LogP contribution is 2.49. The maximum atomic E-state index is 12.8. The van der Waals surface area contributed by atoms with Crippen LogP contribution in [-0.2, 0) is 32.2 Å². The van der Waals surface area contributed by atoms with Gasteiger partial charge in [0.15, 0.2) is 0 Å². The van der Waals surface area contributed by atoms with Crippen molar-refractivity contribution in [1.29, 1.82) is 0 Å². The van der Waals surface area contributed by atoms with Crippen LogP contribution >= 0.6 is 15.6 Å². The van der Waals surface area contributed by atoms with Gasteiger partial charge in [0.25, 0.3) is 5.56 Å². The van der Waals surface area contributed by atoms with Crippen LogP contribution in [-0.4, -0.2) is 76.5 Å². The zero-order valence-corrected chi connectivity index (χ0v) is 22.5. The summed E-state index contributed by atoms with van der Waals surface area (Å²) in [5, 5.41) is 10.3. The van der Waals surface area contributed by atoms with Crippen molar-refractivity contribution in [2.45, 2.75) is 56.6 Å². The molecule has 222 valence electrons. The van der Waals surface area contributed by atoms with Gasteiger partial charge in [0, 0.05) is 30.8 Å². The normalized spacial score (nSPS) is 28.5. The van der Waals surface area contributed by atoms with Crippen LogP contribution in [0.4, 0.5) is 5.82 Å². The van der Waals surface area contributed by atoms with Gasteiger partial charge in [0.2, 0.25) is 0 Å². The Hall–Kier alpha value is -2.54. The molecule has 7 N–H and O–H groups in total. The van der Waals surface area contributed by atoms with E-state index in [9.17, 15) is 33.5 Å². The Bertz CT molecular complexity index is 1500. The molecule has 2 unspecified atom stereocenters. The number of hydrogen-bond acceptors (Lipinski definition) is 13. The third kappa shape index (κ3) is 7.39. The van der Waals surface area contributed by atoms with Crippen LogP contribution in [0.15, 0.2) is 32.8 Å². The predicted molar refractivity (Wildman–Crippen MR) is 131 cm³/mol. The number of hydrogen-bond donors (Lipinski definition) is 6. The first-order valence-corrected chi connectivity index (χ1v) is 14.7. The van der Waals surface area contributed by atoms with Gasteiger partial charge in [0.05, 0.1) is 19.3 Å². The molecule has 19 nitrogen and oxygen atoms in total. The summed E-state index contributed by atoms with van der Waals surface area (Å²) in [5.41, 5.74) is 3.51. The van der Waals surface area contributed by atoms with Crippen molar-refractivity contribution in [1.82, 2.24) is 19.1 Å². The van der Waals surface area contributed by atoms with Crippen molar-refractivity contribution in [3.8, 4) is 0 Å². The van der Waals surface area contributed by atoms with E-state index in [0.717, 1.165) is 9.13 Å². The van der Waals surface area contributed by atoms with Gasteiger partial charge in [-0.05, 0) is 13.0 Å². The van der Waals surface area contributed by atoms with Crippen molar-refractivity contribution in [2.75, 3.05) is 18.9 Å². The molecule has 4 rings (SSSR count). The molecule has 40 heavy (non-hydrogen) atoms. The number of aromatic amines is 1. The smallest absolute Gasteiger partial charge is 0.390 e. The number of nitrogens with one attached hydrogen (secondary N) is 1. The van der Waals surface area contributed by atoms with Crippen molar-refractivity contribution in [3.05, 3.63) is 55.3 Å². The number of aromatic nitrogens is 4. The van der Waals surface area contributed by atoms with Gasteiger partial charge in [-0.15, -0.1) is 0 Å². The summed E-state index contributed by atoms with van der Waals surface area (Å²) in [6.07, 6.45) is -5.08. The molecule has 0 aliphatic carbocycles. The van der Waals surface area contributed by atoms with Crippen molar-refractivity contribution >= 4 is 21.5 Å². The molecular formula is C19H27N5O14P2. The van der Waals surface area contributed by atoms with Gasteiger partial charge >= 0.3 is 27.0 Å². The standard InChI is InChI=1S/C19H27N5O14P2/c1-9-6-24(19(28)22-17(9)26)15-4-10(25)12(36-15)7-35-40(32,33)38-11-5-16(23-3-2-14(20)21-18(23)27)37-13(11)8-34-39(29,30)31/h2-3,6,10-13,15-16,25H,4-5,7-8H2,1H3,(H,32,33)(H2,20,21,27)(H,22,26,28)(H2,29,30,31)/t10-,11?,12+,13+,15+,16+/m0/s1. The fraction of sp³-hybridized carbons (Fsp3) is 0.579. The molecule has 0 saturated carbocycles. The molecule has 2 saturated heterocycles. The highest BCUT2D eigenvalue weighted by molar-refractivity contribution is 7.47. The largest absolute Gasteiger partial charge is 0.472 e. The molecule has 4 heterocycles. The van der Waals surface area contributed by atoms with E-state index in [4.69, 9.17) is 34.0 Å². The van der Waals surface area contributed by atoms with Crippen LogP contribution in [0.2, 0.25) is 0 Å². The van der Waals surface area contributed by atoms with Crippen molar-refractivity contribution < 1.29 is 52.0 Å². The summed E-state index contributed by atoms with van der Waals surface area (Å²) >= 11 is 0. The Balaban J connectivity index is 1.42. The molecule has 0 aromatic carbocycles. The number of nitrogens with two attached hydrogens (primary N) is 1. The SMILES string of the molecule is Cc1cn([C@H]2C[C@H](O)[C@@H](COP(=O)(O)OC3C[C@H](n4ccc(N)nc4=O)O[C@@H]3COP(=O)(O)O)O2)c(=O)[nH]c1=O. The molecule has 2 aliphatic heterocycles. The molecule has 0 radical (unpaired) electrons. The minimum Gasteiger partial charge on any atom is -0.390 e. The lowest BCUT2D eigenvalue weighted by Crippen LogP contribution is -2.33. The molecule has 7 atom stereocenters. The van der Waals surface area contributed by atoms with Gasteiger partial charge in [-0.25, -0.2) is 18.7 Å². The molecule has 21 heteroatoms. The first kappa shape index (κ1) is 30.4. The van der Waals surface area contributed by atoms with Gasteiger partial charge < -0.3 is 35.0 Å². The van der Waals surface area contributed by atoms with Crippen LogP contribution in [0, 0.1) is 6.92 Å². The zero-order valence-electron chi connectivity index (χ0n) is 20.7. The van der Waals surface area contributed by atoms with Crippen LogP contribution < -0.4 is 22.7 Å². The number of phosphoric acid groups is 2. The van der Waals surface area contributed by atoms with E-state index in [1.54, 1.807) is 0 Å². The lowest BCUT2D eigenvalue weighted by molar-refractivity contribution is -0.0570. The van der Waals surface area contributed by atoms with Crippen LogP contribution in [0.25, 0.3) is 0 Å². The van der Waals surface area contributed by atoms with E-state index in [-0.39, 0.29) is 24.2 Å². The van der Waals surface area contributed by atoms with Crippen LogP contribution in [0.1, 0.15) is 30.9 Å². The number of rotatable bonds is 10. The average Bonchev–Trinajstić information content (AvgIpc) is 3.40.